The van der Waals surface area contributed by atoms with Gasteiger partial charge in [-0.15, -0.1) is 0 Å². The van der Waals surface area contributed by atoms with E-state index in [0.29, 0.717) is 0 Å². The van der Waals surface area contributed by atoms with Gasteiger partial charge in [-0.3, -0.25) is 9.35 Å². The smallest absolute Gasteiger partial charge is 0.410 e. The Morgan fingerprint density at radius 1 is 1.23 bits per heavy atom. The Bertz CT molecular complexity index is 471. The summed E-state index contributed by atoms with van der Waals surface area (Å²) < 4.78 is 39.8. The topological polar surface area (TPSA) is 119 Å². The van der Waals surface area contributed by atoms with E-state index in [4.69, 9.17) is 14.0 Å². The zero-order valence-electron chi connectivity index (χ0n) is 12.6. The van der Waals surface area contributed by atoms with Crippen LogP contribution in [0, 0.1) is 5.92 Å². The second-order valence-electron chi connectivity index (χ2n) is 5.35. The molecule has 128 valence electrons. The van der Waals surface area contributed by atoms with Crippen molar-refractivity contribution in [2.75, 3.05) is 12.3 Å². The normalized spacial score (nSPS) is 17.5. The lowest BCUT2D eigenvalue weighted by Crippen LogP contribution is -2.37. The zero-order valence-corrected chi connectivity index (χ0v) is 13.4. The number of carbonyl (C=O) groups is 2. The summed E-state index contributed by atoms with van der Waals surface area (Å²) in [4.78, 5) is 22.8. The highest BCUT2D eigenvalue weighted by Crippen LogP contribution is 2.28. The molecule has 0 radical (unpaired) electrons. The number of ether oxygens (including phenoxy) is 2. The molecule has 0 bridgehead atoms. The molecule has 1 atom stereocenters. The van der Waals surface area contributed by atoms with E-state index in [1.807, 2.05) is 0 Å². The van der Waals surface area contributed by atoms with Crippen LogP contribution in [0.15, 0.2) is 0 Å². The molecule has 0 heterocycles. The van der Waals surface area contributed by atoms with Crippen LogP contribution in [0.5, 0.6) is 0 Å². The number of carbonyl (C=O) groups excluding carboxylic acids is 2. The predicted molar refractivity (Wildman–Crippen MR) is 77.6 cm³/mol. The van der Waals surface area contributed by atoms with Gasteiger partial charge in [-0.2, -0.15) is 8.42 Å². The lowest BCUT2D eigenvalue weighted by Gasteiger charge is -2.28. The minimum Gasteiger partial charge on any atom is -0.425 e. The molecule has 1 fully saturated rings. The first-order chi connectivity index (χ1) is 10.3. The number of rotatable bonds is 7. The molecule has 0 aliphatic heterocycles. The first-order valence-corrected chi connectivity index (χ1v) is 8.96. The molecule has 0 saturated heterocycles. The minimum atomic E-state index is -4.04. The number of alkyl carbamates (subject to hydrolysis) is 1. The lowest BCUT2D eigenvalue weighted by atomic mass is 9.89. The summed E-state index contributed by atoms with van der Waals surface area (Å²) in [5.74, 6) is -0.973. The van der Waals surface area contributed by atoms with Crippen LogP contribution < -0.4 is 5.32 Å². The van der Waals surface area contributed by atoms with Crippen LogP contribution in [-0.2, 0) is 24.4 Å². The number of esters is 1. The molecule has 1 aliphatic rings. The summed E-state index contributed by atoms with van der Waals surface area (Å²) in [6.45, 7) is 1.29. The molecule has 1 unspecified atom stereocenters. The average Bonchev–Trinajstić information content (AvgIpc) is 2.42. The largest absolute Gasteiger partial charge is 0.425 e. The fraction of sp³-hybridized carbons (Fsp3) is 0.846. The monoisotopic (exact) mass is 337 g/mol. The highest BCUT2D eigenvalue weighted by atomic mass is 32.2. The third kappa shape index (κ3) is 8.18. The second kappa shape index (κ2) is 8.94. The summed E-state index contributed by atoms with van der Waals surface area (Å²) in [6.07, 6.45) is 3.15. The summed E-state index contributed by atoms with van der Waals surface area (Å²) in [5.41, 5.74) is 0. The quantitative estimate of drug-likeness (QED) is 0.312. The molecule has 0 aromatic carbocycles. The standard InChI is InChI=1S/C13H23NO7S/c1-10(15)20-12(11-6-3-2-4-7-11)21-13(16)14-8-5-9-22(17,18)19/h11-12H,2-9H2,1H3,(H,14,16)(H,17,18,19). The van der Waals surface area contributed by atoms with Crippen molar-refractivity contribution in [3.05, 3.63) is 0 Å². The molecule has 1 rings (SSSR count). The first-order valence-electron chi connectivity index (χ1n) is 7.35. The van der Waals surface area contributed by atoms with E-state index in [1.165, 1.54) is 6.92 Å². The van der Waals surface area contributed by atoms with Gasteiger partial charge in [0.25, 0.3) is 16.4 Å². The van der Waals surface area contributed by atoms with Gasteiger partial charge in [0.2, 0.25) is 0 Å². The van der Waals surface area contributed by atoms with Crippen molar-refractivity contribution in [2.24, 2.45) is 5.92 Å². The maximum atomic E-state index is 11.7. The van der Waals surface area contributed by atoms with E-state index >= 15 is 0 Å². The highest BCUT2D eigenvalue weighted by Gasteiger charge is 2.29. The molecule has 0 spiro atoms. The summed E-state index contributed by atoms with van der Waals surface area (Å²) in [6, 6.07) is 0. The summed E-state index contributed by atoms with van der Waals surface area (Å²) in [7, 11) is -4.04. The lowest BCUT2D eigenvalue weighted by molar-refractivity contribution is -0.176. The predicted octanol–water partition coefficient (Wildman–Crippen LogP) is 1.46. The van der Waals surface area contributed by atoms with Gasteiger partial charge < -0.3 is 14.8 Å². The van der Waals surface area contributed by atoms with E-state index in [9.17, 15) is 18.0 Å². The van der Waals surface area contributed by atoms with E-state index in [2.05, 4.69) is 5.32 Å². The van der Waals surface area contributed by atoms with Crippen molar-refractivity contribution < 1.29 is 32.0 Å². The van der Waals surface area contributed by atoms with Gasteiger partial charge in [0.05, 0.1) is 5.75 Å². The molecule has 2 N–H and O–H groups in total. The number of amides is 1. The van der Waals surface area contributed by atoms with Crippen LogP contribution in [0.2, 0.25) is 0 Å². The Kier molecular flexibility index (Phi) is 7.60. The van der Waals surface area contributed by atoms with Crippen molar-refractivity contribution in [1.82, 2.24) is 5.32 Å². The van der Waals surface area contributed by atoms with Gasteiger partial charge in [-0.1, -0.05) is 19.3 Å². The van der Waals surface area contributed by atoms with Crippen molar-refractivity contribution in [3.63, 3.8) is 0 Å². The minimum absolute atomic E-state index is 0.0128. The molecular formula is C13H23NO7S. The Labute approximate surface area is 130 Å². The molecular weight excluding hydrogens is 314 g/mol. The van der Waals surface area contributed by atoms with Gasteiger partial charge >= 0.3 is 12.1 Å². The van der Waals surface area contributed by atoms with Gasteiger partial charge in [0, 0.05) is 19.4 Å². The van der Waals surface area contributed by atoms with Crippen molar-refractivity contribution >= 4 is 22.2 Å². The van der Waals surface area contributed by atoms with E-state index in [0.717, 1.165) is 32.1 Å². The van der Waals surface area contributed by atoms with Crippen LogP contribution in [0.1, 0.15) is 45.4 Å². The number of hydrogen-bond acceptors (Lipinski definition) is 6. The summed E-state index contributed by atoms with van der Waals surface area (Å²) in [5, 5.41) is 2.37. The highest BCUT2D eigenvalue weighted by molar-refractivity contribution is 7.85. The fourth-order valence-electron chi connectivity index (χ4n) is 2.38. The van der Waals surface area contributed by atoms with Gasteiger partial charge in [-0.25, -0.2) is 4.79 Å². The zero-order chi connectivity index (χ0) is 16.6. The fourth-order valence-corrected chi connectivity index (χ4v) is 2.89. The van der Waals surface area contributed by atoms with Crippen LogP contribution in [-0.4, -0.2) is 43.6 Å². The first kappa shape index (κ1) is 18.7. The van der Waals surface area contributed by atoms with Gasteiger partial charge in [-0.05, 0) is 19.3 Å². The van der Waals surface area contributed by atoms with Crippen molar-refractivity contribution in [3.8, 4) is 0 Å². The van der Waals surface area contributed by atoms with Crippen molar-refractivity contribution in [2.45, 2.75) is 51.7 Å². The molecule has 1 saturated carbocycles. The number of hydrogen-bond donors (Lipinski definition) is 2. The average molecular weight is 337 g/mol. The molecule has 8 nitrogen and oxygen atoms in total. The maximum absolute atomic E-state index is 11.7. The third-order valence-corrected chi connectivity index (χ3v) is 4.19. The van der Waals surface area contributed by atoms with Crippen molar-refractivity contribution in [1.29, 1.82) is 0 Å². The Morgan fingerprint density at radius 3 is 2.41 bits per heavy atom. The van der Waals surface area contributed by atoms with E-state index < -0.39 is 34.2 Å². The Balaban J connectivity index is 2.40. The summed E-state index contributed by atoms with van der Waals surface area (Å²) >= 11 is 0. The molecule has 22 heavy (non-hydrogen) atoms. The Morgan fingerprint density at radius 2 is 1.86 bits per heavy atom. The van der Waals surface area contributed by atoms with Crippen LogP contribution in [0.4, 0.5) is 4.79 Å². The molecule has 0 aromatic rings. The number of nitrogens with one attached hydrogen (secondary N) is 1. The van der Waals surface area contributed by atoms with Crippen LogP contribution >= 0.6 is 0 Å². The van der Waals surface area contributed by atoms with Gasteiger partial charge in [0.1, 0.15) is 0 Å². The van der Waals surface area contributed by atoms with Gasteiger partial charge in [0.15, 0.2) is 0 Å². The van der Waals surface area contributed by atoms with Crippen LogP contribution in [0.25, 0.3) is 0 Å². The van der Waals surface area contributed by atoms with E-state index in [1.54, 1.807) is 0 Å². The van der Waals surface area contributed by atoms with E-state index in [-0.39, 0.29) is 18.9 Å². The third-order valence-electron chi connectivity index (χ3n) is 3.39. The molecule has 1 amide bonds. The maximum Gasteiger partial charge on any atom is 0.410 e. The Hall–Kier alpha value is -1.35. The van der Waals surface area contributed by atoms with Crippen LogP contribution in [0.3, 0.4) is 0 Å². The molecule has 9 heteroatoms. The second-order valence-corrected chi connectivity index (χ2v) is 6.92. The SMILES string of the molecule is CC(=O)OC(OC(=O)NCCCS(=O)(=O)O)C1CCCCC1. The molecule has 1 aliphatic carbocycles. The molecule has 0 aromatic heterocycles.